The van der Waals surface area contributed by atoms with Crippen LogP contribution in [-0.2, 0) is 9.53 Å². The third-order valence-corrected chi connectivity index (χ3v) is 7.93. The van der Waals surface area contributed by atoms with Crippen molar-refractivity contribution in [1.29, 1.82) is 0 Å². The lowest BCUT2D eigenvalue weighted by molar-refractivity contribution is -0.122. The first-order valence-electron chi connectivity index (χ1n) is 12.4. The highest BCUT2D eigenvalue weighted by molar-refractivity contribution is 6.36. The Labute approximate surface area is 224 Å². The maximum Gasteiger partial charge on any atom is 0.225 e. The lowest BCUT2D eigenvalue weighted by atomic mass is 9.82. The number of amides is 1. The standard InChI is InChI=1S/C25H30Cl2FN7O2/c1-25(2)12-37-8-7-19(25)32-23-30-11-18-22(34-23)35(15-5-3-13(4-6-15)21(29)36)24(31-18)33-20-16(27)9-14(26)10-17(20)28/h9-11,13,15,19H,3-8,12H2,1-2H3,(H2,29,36)(H,31,33)(H,30,32,34). The maximum absolute atomic E-state index is 14.8. The van der Waals surface area contributed by atoms with Gasteiger partial charge in [-0.3, -0.25) is 9.36 Å². The summed E-state index contributed by atoms with van der Waals surface area (Å²) in [6.07, 6.45) is 5.21. The molecule has 1 aliphatic carbocycles. The van der Waals surface area contributed by atoms with Gasteiger partial charge >= 0.3 is 0 Å². The monoisotopic (exact) mass is 549 g/mol. The van der Waals surface area contributed by atoms with E-state index in [1.54, 1.807) is 6.20 Å². The molecule has 0 bridgehead atoms. The summed E-state index contributed by atoms with van der Waals surface area (Å²) in [4.78, 5) is 25.8. The van der Waals surface area contributed by atoms with E-state index in [-0.39, 0.29) is 45.1 Å². The van der Waals surface area contributed by atoms with E-state index in [1.165, 1.54) is 12.1 Å². The van der Waals surface area contributed by atoms with E-state index >= 15 is 0 Å². The van der Waals surface area contributed by atoms with Gasteiger partial charge in [0.15, 0.2) is 5.65 Å². The van der Waals surface area contributed by atoms with Crippen molar-refractivity contribution >= 4 is 57.9 Å². The zero-order valence-electron chi connectivity index (χ0n) is 20.7. The quantitative estimate of drug-likeness (QED) is 0.373. The molecule has 198 valence electrons. The lowest BCUT2D eigenvalue weighted by Crippen LogP contribution is -2.44. The minimum absolute atomic E-state index is 0.0282. The Morgan fingerprint density at radius 3 is 2.62 bits per heavy atom. The average molecular weight is 550 g/mol. The number of nitrogens with zero attached hydrogens (tertiary/aromatic N) is 4. The number of anilines is 3. The summed E-state index contributed by atoms with van der Waals surface area (Å²) in [6.45, 7) is 5.62. The molecule has 1 aromatic carbocycles. The third-order valence-electron chi connectivity index (χ3n) is 7.41. The van der Waals surface area contributed by atoms with Gasteiger partial charge in [-0.25, -0.2) is 14.4 Å². The molecule has 4 N–H and O–H groups in total. The van der Waals surface area contributed by atoms with E-state index < -0.39 is 5.82 Å². The Balaban J connectivity index is 1.53. The molecule has 3 heterocycles. The van der Waals surface area contributed by atoms with Gasteiger partial charge in [0.2, 0.25) is 17.8 Å². The van der Waals surface area contributed by atoms with Crippen molar-refractivity contribution in [3.63, 3.8) is 0 Å². The number of imidazole rings is 1. The van der Waals surface area contributed by atoms with E-state index in [2.05, 4.69) is 34.4 Å². The van der Waals surface area contributed by atoms with Crippen molar-refractivity contribution in [2.45, 2.75) is 58.0 Å². The number of nitrogens with two attached hydrogens (primary N) is 1. The van der Waals surface area contributed by atoms with Crippen LogP contribution in [0.1, 0.15) is 52.0 Å². The van der Waals surface area contributed by atoms with Crippen molar-refractivity contribution in [3.05, 3.63) is 34.2 Å². The number of benzene rings is 1. The van der Waals surface area contributed by atoms with Crippen LogP contribution in [-0.4, -0.2) is 44.7 Å². The molecule has 5 rings (SSSR count). The van der Waals surface area contributed by atoms with Gasteiger partial charge in [-0.1, -0.05) is 37.0 Å². The fourth-order valence-electron chi connectivity index (χ4n) is 5.24. The van der Waals surface area contributed by atoms with Gasteiger partial charge in [0.1, 0.15) is 11.3 Å². The zero-order chi connectivity index (χ0) is 26.3. The van der Waals surface area contributed by atoms with Gasteiger partial charge in [0, 0.05) is 35.0 Å². The number of hydrogen-bond donors (Lipinski definition) is 3. The van der Waals surface area contributed by atoms with Crippen LogP contribution in [0.3, 0.4) is 0 Å². The van der Waals surface area contributed by atoms with Crippen LogP contribution in [0.5, 0.6) is 0 Å². The summed E-state index contributed by atoms with van der Waals surface area (Å²) in [5.41, 5.74) is 6.71. The zero-order valence-corrected chi connectivity index (χ0v) is 22.2. The fourth-order valence-corrected chi connectivity index (χ4v) is 5.75. The van der Waals surface area contributed by atoms with Crippen molar-refractivity contribution in [3.8, 4) is 0 Å². The number of carbonyl (C=O) groups is 1. The van der Waals surface area contributed by atoms with E-state index in [1.807, 2.05) is 4.57 Å². The summed E-state index contributed by atoms with van der Waals surface area (Å²) in [5.74, 6) is -0.160. The molecule has 1 saturated heterocycles. The smallest absolute Gasteiger partial charge is 0.225 e. The highest BCUT2D eigenvalue weighted by Crippen LogP contribution is 2.39. The van der Waals surface area contributed by atoms with Gasteiger partial charge in [-0.15, -0.1) is 0 Å². The van der Waals surface area contributed by atoms with Gasteiger partial charge in [-0.2, -0.15) is 4.98 Å². The van der Waals surface area contributed by atoms with Crippen molar-refractivity contribution < 1.29 is 13.9 Å². The van der Waals surface area contributed by atoms with Crippen LogP contribution in [0.4, 0.5) is 22.0 Å². The molecule has 2 aromatic heterocycles. The summed E-state index contributed by atoms with van der Waals surface area (Å²) in [6, 6.07) is 2.77. The molecule has 3 aromatic rings. The van der Waals surface area contributed by atoms with Crippen LogP contribution < -0.4 is 16.4 Å². The Morgan fingerprint density at radius 2 is 1.95 bits per heavy atom. The second kappa shape index (κ2) is 10.2. The number of aromatic nitrogens is 4. The minimum Gasteiger partial charge on any atom is -0.381 e. The Morgan fingerprint density at radius 1 is 1.19 bits per heavy atom. The van der Waals surface area contributed by atoms with Crippen molar-refractivity contribution in [2.24, 2.45) is 17.1 Å². The lowest BCUT2D eigenvalue weighted by Gasteiger charge is -2.38. The predicted octanol–water partition coefficient (Wildman–Crippen LogP) is 5.46. The molecule has 0 radical (unpaired) electrons. The Bertz CT molecular complexity index is 1300. The van der Waals surface area contributed by atoms with Crippen LogP contribution in [0, 0.1) is 17.2 Å². The normalized spacial score (nSPS) is 23.6. The number of nitrogens with one attached hydrogen (secondary N) is 2. The van der Waals surface area contributed by atoms with Crippen molar-refractivity contribution in [2.75, 3.05) is 23.8 Å². The van der Waals surface area contributed by atoms with Crippen LogP contribution >= 0.6 is 23.2 Å². The number of halogens is 3. The van der Waals surface area contributed by atoms with E-state index in [0.717, 1.165) is 6.42 Å². The molecule has 1 atom stereocenters. The largest absolute Gasteiger partial charge is 0.381 e. The molecule has 1 amide bonds. The molecular formula is C25H30Cl2FN7O2. The first-order chi connectivity index (χ1) is 17.6. The van der Waals surface area contributed by atoms with E-state index in [4.69, 9.17) is 38.7 Å². The molecule has 37 heavy (non-hydrogen) atoms. The Kier molecular flexibility index (Phi) is 7.17. The van der Waals surface area contributed by atoms with Crippen molar-refractivity contribution in [1.82, 2.24) is 19.5 Å². The second-order valence-electron chi connectivity index (χ2n) is 10.5. The van der Waals surface area contributed by atoms with E-state index in [0.29, 0.717) is 62.0 Å². The number of rotatable bonds is 6. The molecular weight excluding hydrogens is 520 g/mol. The van der Waals surface area contributed by atoms with Gasteiger partial charge in [-0.05, 0) is 44.2 Å². The highest BCUT2D eigenvalue weighted by Gasteiger charge is 2.34. The van der Waals surface area contributed by atoms with E-state index in [9.17, 15) is 9.18 Å². The van der Waals surface area contributed by atoms with Gasteiger partial charge in [0.25, 0.3) is 0 Å². The molecule has 9 nitrogen and oxygen atoms in total. The summed E-state index contributed by atoms with van der Waals surface area (Å²) >= 11 is 12.3. The third kappa shape index (κ3) is 5.32. The molecule has 2 aliphatic rings. The first-order valence-corrected chi connectivity index (χ1v) is 13.2. The molecule has 1 saturated carbocycles. The first kappa shape index (κ1) is 25.9. The van der Waals surface area contributed by atoms with Gasteiger partial charge < -0.3 is 21.1 Å². The van der Waals surface area contributed by atoms with Gasteiger partial charge in [0.05, 0.1) is 23.5 Å². The van der Waals surface area contributed by atoms with Crippen LogP contribution in [0.25, 0.3) is 11.2 Å². The molecule has 0 spiro atoms. The number of fused-ring (bicyclic) bond motifs is 1. The predicted molar refractivity (Wildman–Crippen MR) is 142 cm³/mol. The molecule has 1 unspecified atom stereocenters. The average Bonchev–Trinajstić information content (AvgIpc) is 3.20. The number of primary amides is 1. The number of carbonyl (C=O) groups excluding carboxylic acids is 1. The number of hydrogen-bond acceptors (Lipinski definition) is 7. The maximum atomic E-state index is 14.8. The SMILES string of the molecule is CC1(C)COCCC1Nc1ncc2nc(Nc3c(F)cc(Cl)cc3Cl)n(C3CCC(C(N)=O)CC3)c2n1. The topological polar surface area (TPSA) is 120 Å². The second-order valence-corrected chi connectivity index (χ2v) is 11.4. The molecule has 2 fully saturated rings. The molecule has 1 aliphatic heterocycles. The minimum atomic E-state index is -0.594. The summed E-state index contributed by atoms with van der Waals surface area (Å²) < 4.78 is 22.4. The summed E-state index contributed by atoms with van der Waals surface area (Å²) in [7, 11) is 0. The Hall–Kier alpha value is -2.69. The van der Waals surface area contributed by atoms with Crippen LogP contribution in [0.2, 0.25) is 10.0 Å². The van der Waals surface area contributed by atoms with Crippen LogP contribution in [0.15, 0.2) is 18.3 Å². The number of ether oxygens (including phenoxy) is 1. The molecule has 12 heteroatoms. The fraction of sp³-hybridized carbons (Fsp3) is 0.520. The highest BCUT2D eigenvalue weighted by atomic mass is 35.5. The summed E-state index contributed by atoms with van der Waals surface area (Å²) in [5, 5.41) is 6.87.